The van der Waals surface area contributed by atoms with Crippen molar-refractivity contribution in [2.24, 2.45) is 14.1 Å². The number of carbonyl (C=O) groups excluding carboxylic acids is 1. The first kappa shape index (κ1) is 17.4. The highest BCUT2D eigenvalue weighted by Crippen LogP contribution is 2.15. The summed E-state index contributed by atoms with van der Waals surface area (Å²) in [5, 5.41) is 2.98. The van der Waals surface area contributed by atoms with E-state index in [4.69, 9.17) is 0 Å². The number of anilines is 1. The molecule has 0 fully saturated rings. The van der Waals surface area contributed by atoms with Crippen molar-refractivity contribution < 1.29 is 4.79 Å². The minimum absolute atomic E-state index is 0.202. The number of hydrogen-bond acceptors (Lipinski definition) is 5. The number of benzene rings is 1. The Kier molecular flexibility index (Phi) is 4.11. The zero-order valence-electron chi connectivity index (χ0n) is 15.2. The van der Waals surface area contributed by atoms with E-state index >= 15 is 0 Å². The number of carbonyl (C=O) groups is 1. The van der Waals surface area contributed by atoms with Crippen LogP contribution in [0.3, 0.4) is 0 Å². The molecule has 0 aliphatic heterocycles. The lowest BCUT2D eigenvalue weighted by molar-refractivity contribution is 0.102. The number of amides is 1. The predicted octanol–water partition coefficient (Wildman–Crippen LogP) is 1.07. The maximum absolute atomic E-state index is 12.6. The van der Waals surface area contributed by atoms with Crippen LogP contribution >= 0.6 is 0 Å². The van der Waals surface area contributed by atoms with Gasteiger partial charge in [0.2, 0.25) is 0 Å². The van der Waals surface area contributed by atoms with Crippen molar-refractivity contribution in [3.8, 4) is 5.69 Å². The molecule has 0 unspecified atom stereocenters. The first-order valence-corrected chi connectivity index (χ1v) is 8.41. The quantitative estimate of drug-likeness (QED) is 0.576. The Morgan fingerprint density at radius 1 is 1.07 bits per heavy atom. The SMILES string of the molecule is Cn1c(=O)c2cc(C(=O)Nc3ccc(-n4ccnc4)cc3)cnc2n(C)c1=O. The number of hydrogen-bond donors (Lipinski definition) is 1. The highest BCUT2D eigenvalue weighted by atomic mass is 16.2. The molecule has 0 bridgehead atoms. The lowest BCUT2D eigenvalue weighted by Gasteiger charge is -2.09. The molecule has 4 rings (SSSR count). The van der Waals surface area contributed by atoms with Gasteiger partial charge in [0.15, 0.2) is 0 Å². The van der Waals surface area contributed by atoms with Crippen LogP contribution in [0.2, 0.25) is 0 Å². The van der Waals surface area contributed by atoms with Gasteiger partial charge in [0, 0.05) is 44.1 Å². The monoisotopic (exact) mass is 376 g/mol. The van der Waals surface area contributed by atoms with Gasteiger partial charge >= 0.3 is 5.69 Å². The molecule has 0 aliphatic carbocycles. The van der Waals surface area contributed by atoms with Gasteiger partial charge in [0.05, 0.1) is 17.3 Å². The second-order valence-electron chi connectivity index (χ2n) is 6.27. The Bertz CT molecular complexity index is 1300. The average molecular weight is 376 g/mol. The van der Waals surface area contributed by atoms with Gasteiger partial charge in [-0.2, -0.15) is 0 Å². The molecule has 140 valence electrons. The van der Waals surface area contributed by atoms with Gasteiger partial charge in [-0.3, -0.25) is 18.7 Å². The normalized spacial score (nSPS) is 10.9. The van der Waals surface area contributed by atoms with Gasteiger partial charge in [-0.1, -0.05) is 0 Å². The number of pyridine rings is 1. The molecule has 0 aliphatic rings. The van der Waals surface area contributed by atoms with Crippen molar-refractivity contribution in [3.63, 3.8) is 0 Å². The van der Waals surface area contributed by atoms with Gasteiger partial charge < -0.3 is 9.88 Å². The van der Waals surface area contributed by atoms with E-state index in [0.717, 1.165) is 10.3 Å². The van der Waals surface area contributed by atoms with E-state index in [-0.39, 0.29) is 16.6 Å². The molecule has 0 saturated heterocycles. The molecule has 1 aromatic carbocycles. The Labute approximate surface area is 158 Å². The third kappa shape index (κ3) is 2.88. The second kappa shape index (κ2) is 6.62. The Balaban J connectivity index is 1.64. The Morgan fingerprint density at radius 3 is 2.50 bits per heavy atom. The lowest BCUT2D eigenvalue weighted by atomic mass is 10.2. The number of nitrogens with one attached hydrogen (secondary N) is 1. The highest BCUT2D eigenvalue weighted by Gasteiger charge is 2.13. The van der Waals surface area contributed by atoms with Crippen molar-refractivity contribution in [3.05, 3.63) is 81.7 Å². The third-order valence-electron chi connectivity index (χ3n) is 4.48. The summed E-state index contributed by atoms with van der Waals surface area (Å²) in [6, 6.07) is 8.68. The first-order valence-electron chi connectivity index (χ1n) is 8.41. The van der Waals surface area contributed by atoms with E-state index < -0.39 is 17.2 Å². The smallest absolute Gasteiger partial charge is 0.322 e. The molecule has 3 aromatic heterocycles. The summed E-state index contributed by atoms with van der Waals surface area (Å²) in [5.74, 6) is -0.402. The molecule has 1 N–H and O–H groups in total. The summed E-state index contributed by atoms with van der Waals surface area (Å²) >= 11 is 0. The summed E-state index contributed by atoms with van der Waals surface area (Å²) in [5.41, 5.74) is 0.996. The summed E-state index contributed by atoms with van der Waals surface area (Å²) in [4.78, 5) is 45.0. The van der Waals surface area contributed by atoms with Crippen LogP contribution in [0.15, 0.2) is 64.8 Å². The highest BCUT2D eigenvalue weighted by molar-refractivity contribution is 6.05. The molecule has 9 nitrogen and oxygen atoms in total. The average Bonchev–Trinajstić information content (AvgIpc) is 3.25. The summed E-state index contributed by atoms with van der Waals surface area (Å²) in [6.45, 7) is 0. The van der Waals surface area contributed by atoms with Crippen LogP contribution in [0, 0.1) is 0 Å². The summed E-state index contributed by atoms with van der Waals surface area (Å²) in [7, 11) is 2.91. The molecule has 28 heavy (non-hydrogen) atoms. The molecule has 0 spiro atoms. The Hall–Kier alpha value is -4.01. The predicted molar refractivity (Wildman–Crippen MR) is 104 cm³/mol. The zero-order valence-corrected chi connectivity index (χ0v) is 15.2. The molecular weight excluding hydrogens is 360 g/mol. The fourth-order valence-electron chi connectivity index (χ4n) is 2.92. The van der Waals surface area contributed by atoms with Crippen molar-refractivity contribution in [1.82, 2.24) is 23.7 Å². The molecule has 4 aromatic rings. The van der Waals surface area contributed by atoms with E-state index in [1.54, 1.807) is 24.7 Å². The number of aryl methyl sites for hydroxylation is 1. The number of nitrogens with zero attached hydrogens (tertiary/aromatic N) is 5. The largest absolute Gasteiger partial charge is 0.332 e. The van der Waals surface area contributed by atoms with Crippen LogP contribution in [0.4, 0.5) is 5.69 Å². The van der Waals surface area contributed by atoms with E-state index in [9.17, 15) is 14.4 Å². The summed E-state index contributed by atoms with van der Waals surface area (Å²) < 4.78 is 4.10. The maximum Gasteiger partial charge on any atom is 0.332 e. The van der Waals surface area contributed by atoms with Crippen LogP contribution < -0.4 is 16.6 Å². The van der Waals surface area contributed by atoms with Crippen LogP contribution in [0.25, 0.3) is 16.7 Å². The fraction of sp³-hybridized carbons (Fsp3) is 0.105. The number of aromatic nitrogens is 5. The van der Waals surface area contributed by atoms with Crippen molar-refractivity contribution in [1.29, 1.82) is 0 Å². The minimum Gasteiger partial charge on any atom is -0.322 e. The molecule has 1 amide bonds. The van der Waals surface area contributed by atoms with Gasteiger partial charge in [-0.15, -0.1) is 0 Å². The van der Waals surface area contributed by atoms with Gasteiger partial charge in [0.1, 0.15) is 5.65 Å². The van der Waals surface area contributed by atoms with Crippen LogP contribution in [0.5, 0.6) is 0 Å². The van der Waals surface area contributed by atoms with E-state index in [2.05, 4.69) is 15.3 Å². The number of fused-ring (bicyclic) bond motifs is 1. The molecule has 9 heteroatoms. The lowest BCUT2D eigenvalue weighted by Crippen LogP contribution is -2.37. The molecule has 0 saturated carbocycles. The second-order valence-corrected chi connectivity index (χ2v) is 6.27. The van der Waals surface area contributed by atoms with E-state index in [0.29, 0.717) is 5.69 Å². The Morgan fingerprint density at radius 2 is 1.82 bits per heavy atom. The van der Waals surface area contributed by atoms with Crippen LogP contribution in [-0.4, -0.2) is 29.6 Å². The third-order valence-corrected chi connectivity index (χ3v) is 4.48. The molecule has 3 heterocycles. The van der Waals surface area contributed by atoms with Crippen LogP contribution in [0.1, 0.15) is 10.4 Å². The van der Waals surface area contributed by atoms with Crippen molar-refractivity contribution in [2.75, 3.05) is 5.32 Å². The van der Waals surface area contributed by atoms with Crippen molar-refractivity contribution >= 4 is 22.6 Å². The standard InChI is InChI=1S/C19H16N6O3/c1-23-16-15(18(27)24(2)19(23)28)9-12(10-21-16)17(26)22-13-3-5-14(6-4-13)25-8-7-20-11-25/h3-11H,1-2H3,(H,22,26). The van der Waals surface area contributed by atoms with Crippen LogP contribution in [-0.2, 0) is 14.1 Å². The number of imidazole rings is 1. The minimum atomic E-state index is -0.495. The van der Waals surface area contributed by atoms with E-state index in [1.807, 2.05) is 22.9 Å². The first-order chi connectivity index (χ1) is 13.5. The topological polar surface area (TPSA) is 104 Å². The number of rotatable bonds is 3. The maximum atomic E-state index is 12.6. The molecule has 0 radical (unpaired) electrons. The van der Waals surface area contributed by atoms with Gasteiger partial charge in [-0.25, -0.2) is 14.8 Å². The molecular formula is C19H16N6O3. The summed E-state index contributed by atoms with van der Waals surface area (Å²) in [6.07, 6.45) is 6.53. The zero-order chi connectivity index (χ0) is 19.8. The van der Waals surface area contributed by atoms with Crippen molar-refractivity contribution in [2.45, 2.75) is 0 Å². The van der Waals surface area contributed by atoms with E-state index in [1.165, 1.54) is 30.9 Å². The fourth-order valence-corrected chi connectivity index (χ4v) is 2.92. The van der Waals surface area contributed by atoms with Gasteiger partial charge in [-0.05, 0) is 30.3 Å². The molecule has 0 atom stereocenters. The van der Waals surface area contributed by atoms with Gasteiger partial charge in [0.25, 0.3) is 11.5 Å².